The molecule has 2 saturated heterocycles. The van der Waals surface area contributed by atoms with Crippen LogP contribution in [0, 0.1) is 0 Å². The van der Waals surface area contributed by atoms with Gasteiger partial charge < -0.3 is 14.5 Å². The van der Waals surface area contributed by atoms with Gasteiger partial charge in [0.15, 0.2) is 5.82 Å². The molecule has 1 N–H and O–H groups in total. The lowest BCUT2D eigenvalue weighted by Gasteiger charge is -2.48. The van der Waals surface area contributed by atoms with Crippen LogP contribution in [-0.4, -0.2) is 55.7 Å². The number of furan rings is 1. The van der Waals surface area contributed by atoms with E-state index in [2.05, 4.69) is 25.7 Å². The standard InChI is InChI=1S/C24H30N6O3/c1-2-32-22-11-4-3-10-21(22)24(31)25-17-13-18-7-5-8-19(14-17)29(18)16-23-26-27-28-30(23)15-20-9-6-12-33-20/h3-4,6,9-12,17-19H,2,5,7-8,13-16H2,1H3,(H,25,31)/t18-,19-/m1/s1. The third kappa shape index (κ3) is 4.78. The predicted molar refractivity (Wildman–Crippen MR) is 121 cm³/mol. The van der Waals surface area contributed by atoms with E-state index < -0.39 is 0 Å². The molecule has 1 aromatic carbocycles. The minimum Gasteiger partial charge on any atom is -0.493 e. The summed E-state index contributed by atoms with van der Waals surface area (Å²) in [6.45, 7) is 3.69. The zero-order valence-corrected chi connectivity index (χ0v) is 18.9. The molecule has 0 radical (unpaired) electrons. The number of carbonyl (C=O) groups is 1. The van der Waals surface area contributed by atoms with Crippen LogP contribution in [0.5, 0.6) is 5.75 Å². The second-order valence-corrected chi connectivity index (χ2v) is 8.81. The molecule has 9 nitrogen and oxygen atoms in total. The van der Waals surface area contributed by atoms with Gasteiger partial charge in [0.1, 0.15) is 18.1 Å². The molecular weight excluding hydrogens is 420 g/mol. The number of hydrogen-bond donors (Lipinski definition) is 1. The van der Waals surface area contributed by atoms with Gasteiger partial charge in [0, 0.05) is 18.1 Å². The van der Waals surface area contributed by atoms with Gasteiger partial charge in [-0.1, -0.05) is 18.6 Å². The van der Waals surface area contributed by atoms with Gasteiger partial charge in [-0.05, 0) is 67.3 Å². The Labute approximate surface area is 193 Å². The lowest BCUT2D eigenvalue weighted by Crippen LogP contribution is -2.56. The van der Waals surface area contributed by atoms with Crippen LogP contribution in [0.4, 0.5) is 0 Å². The molecule has 4 heterocycles. The van der Waals surface area contributed by atoms with E-state index in [0.29, 0.717) is 43.1 Å². The first-order valence-corrected chi connectivity index (χ1v) is 11.8. The van der Waals surface area contributed by atoms with E-state index in [0.717, 1.165) is 37.3 Å². The number of carbonyl (C=O) groups excluding carboxylic acids is 1. The van der Waals surface area contributed by atoms with E-state index in [1.807, 2.05) is 48.0 Å². The van der Waals surface area contributed by atoms with E-state index in [4.69, 9.17) is 9.15 Å². The summed E-state index contributed by atoms with van der Waals surface area (Å²) in [7, 11) is 0. The highest BCUT2D eigenvalue weighted by Gasteiger charge is 2.39. The monoisotopic (exact) mass is 450 g/mol. The Kier molecular flexibility index (Phi) is 6.39. The molecule has 1 amide bonds. The molecule has 5 rings (SSSR count). The fourth-order valence-electron chi connectivity index (χ4n) is 5.23. The van der Waals surface area contributed by atoms with E-state index in [9.17, 15) is 4.79 Å². The summed E-state index contributed by atoms with van der Waals surface area (Å²) >= 11 is 0. The predicted octanol–water partition coefficient (Wildman–Crippen LogP) is 3.03. The normalized spacial score (nSPS) is 22.8. The first-order chi connectivity index (χ1) is 16.2. The molecular formula is C24H30N6O3. The van der Waals surface area contributed by atoms with Gasteiger partial charge in [-0.2, -0.15) is 0 Å². The smallest absolute Gasteiger partial charge is 0.255 e. The quantitative estimate of drug-likeness (QED) is 0.563. The van der Waals surface area contributed by atoms with E-state index in [1.54, 1.807) is 6.26 Å². The van der Waals surface area contributed by atoms with Crippen LogP contribution in [0.15, 0.2) is 47.1 Å². The van der Waals surface area contributed by atoms with Gasteiger partial charge in [0.2, 0.25) is 0 Å². The van der Waals surface area contributed by atoms with Gasteiger partial charge in [-0.15, -0.1) is 5.10 Å². The number of tetrazole rings is 1. The number of ether oxygens (including phenoxy) is 1. The highest BCUT2D eigenvalue weighted by atomic mass is 16.5. The Balaban J connectivity index is 1.25. The highest BCUT2D eigenvalue weighted by molar-refractivity contribution is 5.97. The van der Waals surface area contributed by atoms with Gasteiger partial charge in [0.25, 0.3) is 5.91 Å². The topological polar surface area (TPSA) is 98.3 Å². The highest BCUT2D eigenvalue weighted by Crippen LogP contribution is 2.35. The Bertz CT molecular complexity index is 1050. The number of rotatable bonds is 8. The van der Waals surface area contributed by atoms with Crippen LogP contribution in [0.2, 0.25) is 0 Å². The first kappa shape index (κ1) is 21.6. The number of nitrogens with one attached hydrogen (secondary N) is 1. The third-order valence-electron chi connectivity index (χ3n) is 6.71. The molecule has 3 aromatic rings. The number of nitrogens with zero attached hydrogens (tertiary/aromatic N) is 5. The number of benzene rings is 1. The second-order valence-electron chi connectivity index (χ2n) is 8.81. The van der Waals surface area contributed by atoms with Crippen LogP contribution in [-0.2, 0) is 13.1 Å². The van der Waals surface area contributed by atoms with Crippen LogP contribution in [0.1, 0.15) is 61.0 Å². The molecule has 174 valence electrons. The minimum absolute atomic E-state index is 0.0574. The number of fused-ring (bicyclic) bond motifs is 2. The fraction of sp³-hybridized carbons (Fsp3) is 0.500. The van der Waals surface area contributed by atoms with Crippen molar-refractivity contribution in [2.45, 2.75) is 70.2 Å². The lowest BCUT2D eigenvalue weighted by atomic mass is 9.81. The van der Waals surface area contributed by atoms with Crippen molar-refractivity contribution in [1.29, 1.82) is 0 Å². The summed E-state index contributed by atoms with van der Waals surface area (Å²) in [5.74, 6) is 2.26. The summed E-state index contributed by atoms with van der Waals surface area (Å²) in [4.78, 5) is 15.6. The summed E-state index contributed by atoms with van der Waals surface area (Å²) < 4.78 is 12.9. The lowest BCUT2D eigenvalue weighted by molar-refractivity contribution is 0.0148. The SMILES string of the molecule is CCOc1ccccc1C(=O)NC1C[C@H]2CCC[C@H](C1)N2Cc1nnnn1Cc1ccco1. The summed E-state index contributed by atoms with van der Waals surface area (Å²) in [6.07, 6.45) is 6.99. The number of piperidine rings is 2. The van der Waals surface area contributed by atoms with Crippen LogP contribution < -0.4 is 10.1 Å². The van der Waals surface area contributed by atoms with Crippen LogP contribution in [0.25, 0.3) is 0 Å². The molecule has 2 atom stereocenters. The van der Waals surface area contributed by atoms with Gasteiger partial charge in [-0.3, -0.25) is 9.69 Å². The Morgan fingerprint density at radius 3 is 2.73 bits per heavy atom. The van der Waals surface area contributed by atoms with E-state index >= 15 is 0 Å². The van der Waals surface area contributed by atoms with Gasteiger partial charge in [-0.25, -0.2) is 4.68 Å². The van der Waals surface area contributed by atoms with Crippen molar-refractivity contribution < 1.29 is 13.9 Å². The fourth-order valence-corrected chi connectivity index (χ4v) is 5.23. The molecule has 0 saturated carbocycles. The zero-order chi connectivity index (χ0) is 22.6. The maximum absolute atomic E-state index is 13.0. The second kappa shape index (κ2) is 9.74. The van der Waals surface area contributed by atoms with Crippen LogP contribution >= 0.6 is 0 Å². The van der Waals surface area contributed by atoms with Crippen molar-refractivity contribution >= 4 is 5.91 Å². The molecule has 2 aromatic heterocycles. The van der Waals surface area contributed by atoms with Crippen molar-refractivity contribution in [3.8, 4) is 5.75 Å². The maximum Gasteiger partial charge on any atom is 0.255 e. The molecule has 2 bridgehead atoms. The summed E-state index contributed by atoms with van der Waals surface area (Å²) in [5.41, 5.74) is 0.601. The average Bonchev–Trinajstić information content (AvgIpc) is 3.47. The van der Waals surface area contributed by atoms with Crippen molar-refractivity contribution in [2.75, 3.05) is 6.61 Å². The summed E-state index contributed by atoms with van der Waals surface area (Å²) in [6, 6.07) is 12.2. The number of hydrogen-bond acceptors (Lipinski definition) is 7. The third-order valence-corrected chi connectivity index (χ3v) is 6.71. The summed E-state index contributed by atoms with van der Waals surface area (Å²) in [5, 5.41) is 15.6. The molecule has 2 aliphatic heterocycles. The first-order valence-electron chi connectivity index (χ1n) is 11.8. The molecule has 2 aliphatic rings. The average molecular weight is 451 g/mol. The Hall–Kier alpha value is -3.20. The van der Waals surface area contributed by atoms with Crippen molar-refractivity contribution in [3.05, 3.63) is 59.8 Å². The minimum atomic E-state index is -0.0574. The largest absolute Gasteiger partial charge is 0.493 e. The van der Waals surface area contributed by atoms with Gasteiger partial charge in [0.05, 0.1) is 25.0 Å². The Morgan fingerprint density at radius 2 is 1.97 bits per heavy atom. The van der Waals surface area contributed by atoms with E-state index in [1.165, 1.54) is 6.42 Å². The molecule has 0 spiro atoms. The number of para-hydroxylation sites is 1. The van der Waals surface area contributed by atoms with Crippen LogP contribution in [0.3, 0.4) is 0 Å². The zero-order valence-electron chi connectivity index (χ0n) is 18.9. The number of amides is 1. The molecule has 2 fully saturated rings. The van der Waals surface area contributed by atoms with Crippen molar-refractivity contribution in [1.82, 2.24) is 30.4 Å². The molecule has 33 heavy (non-hydrogen) atoms. The van der Waals surface area contributed by atoms with Crippen molar-refractivity contribution in [3.63, 3.8) is 0 Å². The number of aromatic nitrogens is 4. The van der Waals surface area contributed by atoms with Gasteiger partial charge >= 0.3 is 0 Å². The maximum atomic E-state index is 13.0. The molecule has 0 unspecified atom stereocenters. The molecule has 0 aliphatic carbocycles. The Morgan fingerprint density at radius 1 is 1.15 bits per heavy atom. The van der Waals surface area contributed by atoms with Crippen molar-refractivity contribution in [2.24, 2.45) is 0 Å². The van der Waals surface area contributed by atoms with E-state index in [-0.39, 0.29) is 11.9 Å². The molecule has 9 heteroatoms.